The third-order valence-corrected chi connectivity index (χ3v) is 5.54. The molecule has 0 bridgehead atoms. The van der Waals surface area contributed by atoms with E-state index in [2.05, 4.69) is 5.32 Å². The predicted octanol–water partition coefficient (Wildman–Crippen LogP) is 5.23. The van der Waals surface area contributed by atoms with E-state index in [4.69, 9.17) is 16.7 Å². The molecule has 3 atom stereocenters. The Morgan fingerprint density at radius 2 is 2.00 bits per heavy atom. The van der Waals surface area contributed by atoms with Crippen molar-refractivity contribution >= 4 is 23.3 Å². The maximum Gasteiger partial charge on any atom is 0.335 e. The van der Waals surface area contributed by atoms with E-state index in [0.717, 1.165) is 36.0 Å². The van der Waals surface area contributed by atoms with Crippen molar-refractivity contribution in [2.45, 2.75) is 31.2 Å². The molecule has 2 aromatic rings. The van der Waals surface area contributed by atoms with Gasteiger partial charge in [0.05, 0.1) is 11.6 Å². The van der Waals surface area contributed by atoms with Gasteiger partial charge >= 0.3 is 5.97 Å². The van der Waals surface area contributed by atoms with Gasteiger partial charge in [0.1, 0.15) is 5.82 Å². The Hall–Kier alpha value is -2.07. The lowest BCUT2D eigenvalue weighted by Crippen LogP contribution is -2.29. The van der Waals surface area contributed by atoms with E-state index in [-0.39, 0.29) is 11.6 Å². The monoisotopic (exact) mass is 345 g/mol. The molecule has 0 amide bonds. The normalized spacial score (nSPS) is 24.8. The summed E-state index contributed by atoms with van der Waals surface area (Å²) in [5.41, 5.74) is 2.72. The van der Waals surface area contributed by atoms with Gasteiger partial charge in [0.15, 0.2) is 0 Å². The molecule has 1 aliphatic heterocycles. The summed E-state index contributed by atoms with van der Waals surface area (Å²) < 4.78 is 14.6. The summed E-state index contributed by atoms with van der Waals surface area (Å²) in [7, 11) is 0. The van der Waals surface area contributed by atoms with Crippen LogP contribution in [0.4, 0.5) is 10.1 Å². The number of carboxylic acid groups (broad SMARTS) is 1. The number of hydrogen-bond acceptors (Lipinski definition) is 2. The summed E-state index contributed by atoms with van der Waals surface area (Å²) in [6.45, 7) is 0. The average molecular weight is 346 g/mol. The fourth-order valence-electron chi connectivity index (χ4n) is 4.24. The van der Waals surface area contributed by atoms with Gasteiger partial charge in [-0.3, -0.25) is 0 Å². The first-order valence-electron chi connectivity index (χ1n) is 8.13. The molecule has 1 saturated carbocycles. The van der Waals surface area contributed by atoms with Crippen LogP contribution in [0.3, 0.4) is 0 Å². The molecule has 3 nitrogen and oxygen atoms in total. The summed E-state index contributed by atoms with van der Waals surface area (Å²) in [6.07, 6.45) is 3.20. The van der Waals surface area contributed by atoms with E-state index in [9.17, 15) is 9.18 Å². The Morgan fingerprint density at radius 3 is 2.75 bits per heavy atom. The smallest absolute Gasteiger partial charge is 0.335 e. The number of aromatic carboxylic acids is 1. The van der Waals surface area contributed by atoms with Gasteiger partial charge < -0.3 is 10.4 Å². The number of nitrogens with one attached hydrogen (secondary N) is 1. The molecule has 0 aromatic heterocycles. The van der Waals surface area contributed by atoms with Gasteiger partial charge in [-0.1, -0.05) is 24.1 Å². The molecule has 24 heavy (non-hydrogen) atoms. The third-order valence-electron chi connectivity index (χ3n) is 5.30. The standard InChI is InChI=1S/C19H17ClFNO2/c20-11-5-7-17-15(9-11)12-2-1-3-13(12)18(22-17)14-6-4-10(19(23)24)8-16(14)21/h4-9,12-13,18,22H,1-3H2,(H,23,24)/t12-,13+,18-/m1/s1. The van der Waals surface area contributed by atoms with Gasteiger partial charge in [0, 0.05) is 16.3 Å². The first-order valence-corrected chi connectivity index (χ1v) is 8.51. The molecule has 1 aliphatic carbocycles. The number of fused-ring (bicyclic) bond motifs is 3. The third kappa shape index (κ3) is 2.46. The minimum absolute atomic E-state index is 0.0257. The molecule has 5 heteroatoms. The molecular formula is C19H17ClFNO2. The first-order chi connectivity index (χ1) is 11.5. The summed E-state index contributed by atoms with van der Waals surface area (Å²) >= 11 is 6.15. The highest BCUT2D eigenvalue weighted by Crippen LogP contribution is 2.53. The zero-order chi connectivity index (χ0) is 16.8. The summed E-state index contributed by atoms with van der Waals surface area (Å²) in [4.78, 5) is 11.0. The molecule has 1 heterocycles. The minimum atomic E-state index is -1.12. The Morgan fingerprint density at radius 1 is 1.17 bits per heavy atom. The molecule has 0 radical (unpaired) electrons. The average Bonchev–Trinajstić information content (AvgIpc) is 3.04. The summed E-state index contributed by atoms with van der Waals surface area (Å²) in [6, 6.07) is 9.84. The number of carboxylic acids is 1. The van der Waals surface area contributed by atoms with Crippen LogP contribution in [0.2, 0.25) is 5.02 Å². The molecule has 2 N–H and O–H groups in total. The Kier molecular flexibility index (Phi) is 3.72. The van der Waals surface area contributed by atoms with Gasteiger partial charge in [0.25, 0.3) is 0 Å². The number of halogens is 2. The Balaban J connectivity index is 1.77. The lowest BCUT2D eigenvalue weighted by Gasteiger charge is -2.37. The van der Waals surface area contributed by atoms with E-state index in [1.807, 2.05) is 18.2 Å². The maximum absolute atomic E-state index is 14.6. The highest BCUT2D eigenvalue weighted by molar-refractivity contribution is 6.30. The Labute approximate surface area is 144 Å². The number of rotatable bonds is 2. The number of benzene rings is 2. The molecule has 0 saturated heterocycles. The van der Waals surface area contributed by atoms with Crippen LogP contribution < -0.4 is 5.32 Å². The van der Waals surface area contributed by atoms with Crippen LogP contribution in [-0.2, 0) is 0 Å². The van der Waals surface area contributed by atoms with Crippen molar-refractivity contribution in [2.24, 2.45) is 5.92 Å². The first kappa shape index (κ1) is 15.5. The lowest BCUT2D eigenvalue weighted by molar-refractivity contribution is 0.0696. The number of hydrogen-bond donors (Lipinski definition) is 2. The lowest BCUT2D eigenvalue weighted by atomic mass is 9.77. The predicted molar refractivity (Wildman–Crippen MR) is 91.3 cm³/mol. The van der Waals surface area contributed by atoms with Crippen LogP contribution in [0, 0.1) is 11.7 Å². The molecule has 4 rings (SSSR count). The fraction of sp³-hybridized carbons (Fsp3) is 0.316. The Bertz CT molecular complexity index is 823. The molecule has 124 valence electrons. The fourth-order valence-corrected chi connectivity index (χ4v) is 4.42. The van der Waals surface area contributed by atoms with Gasteiger partial charge in [-0.15, -0.1) is 0 Å². The maximum atomic E-state index is 14.6. The van der Waals surface area contributed by atoms with Crippen LogP contribution in [0.5, 0.6) is 0 Å². The minimum Gasteiger partial charge on any atom is -0.478 e. The van der Waals surface area contributed by atoms with E-state index in [1.165, 1.54) is 11.6 Å². The second-order valence-electron chi connectivity index (χ2n) is 6.60. The van der Waals surface area contributed by atoms with Gasteiger partial charge in [0.2, 0.25) is 0 Å². The zero-order valence-electron chi connectivity index (χ0n) is 12.9. The topological polar surface area (TPSA) is 49.3 Å². The quantitative estimate of drug-likeness (QED) is 0.783. The van der Waals surface area contributed by atoms with Crippen molar-refractivity contribution in [2.75, 3.05) is 5.32 Å². The summed E-state index contributed by atoms with van der Waals surface area (Å²) in [5, 5.41) is 13.2. The van der Waals surface area contributed by atoms with E-state index < -0.39 is 11.8 Å². The molecule has 0 spiro atoms. The molecule has 2 aliphatic rings. The van der Waals surface area contributed by atoms with Crippen LogP contribution in [0.25, 0.3) is 0 Å². The molecule has 1 fully saturated rings. The molecule has 0 unspecified atom stereocenters. The van der Waals surface area contributed by atoms with Crippen LogP contribution in [0.15, 0.2) is 36.4 Å². The van der Waals surface area contributed by atoms with Gasteiger partial charge in [-0.2, -0.15) is 0 Å². The van der Waals surface area contributed by atoms with Gasteiger partial charge in [-0.05, 0) is 60.6 Å². The van der Waals surface area contributed by atoms with Crippen molar-refractivity contribution in [1.29, 1.82) is 0 Å². The van der Waals surface area contributed by atoms with Crippen LogP contribution in [0.1, 0.15) is 52.7 Å². The highest BCUT2D eigenvalue weighted by atomic mass is 35.5. The van der Waals surface area contributed by atoms with E-state index in [0.29, 0.717) is 17.4 Å². The van der Waals surface area contributed by atoms with E-state index in [1.54, 1.807) is 6.07 Å². The number of anilines is 1. The van der Waals surface area contributed by atoms with Crippen LogP contribution >= 0.6 is 11.6 Å². The largest absolute Gasteiger partial charge is 0.478 e. The SMILES string of the molecule is O=C(O)c1ccc([C@@H]2Nc3ccc(Cl)cc3[C@@H]3CCC[C@@H]32)c(F)c1. The van der Waals surface area contributed by atoms with E-state index >= 15 is 0 Å². The van der Waals surface area contributed by atoms with Crippen molar-refractivity contribution in [3.63, 3.8) is 0 Å². The zero-order valence-corrected chi connectivity index (χ0v) is 13.7. The number of carbonyl (C=O) groups is 1. The molecular weight excluding hydrogens is 329 g/mol. The van der Waals surface area contributed by atoms with Crippen LogP contribution in [-0.4, -0.2) is 11.1 Å². The highest BCUT2D eigenvalue weighted by Gasteiger charge is 2.41. The second-order valence-corrected chi connectivity index (χ2v) is 7.03. The molecule has 2 aromatic carbocycles. The summed E-state index contributed by atoms with van der Waals surface area (Å²) in [5.74, 6) is -0.920. The van der Waals surface area contributed by atoms with Crippen molar-refractivity contribution in [3.8, 4) is 0 Å². The van der Waals surface area contributed by atoms with Gasteiger partial charge in [-0.25, -0.2) is 9.18 Å². The van der Waals surface area contributed by atoms with Crippen molar-refractivity contribution < 1.29 is 14.3 Å². The van der Waals surface area contributed by atoms with Crippen molar-refractivity contribution in [3.05, 3.63) is 63.9 Å². The van der Waals surface area contributed by atoms with Crippen molar-refractivity contribution in [1.82, 2.24) is 0 Å². The second kappa shape index (κ2) is 5.78.